The van der Waals surface area contributed by atoms with Gasteiger partial charge in [-0.1, -0.05) is 18.2 Å². The van der Waals surface area contributed by atoms with Gasteiger partial charge in [0.15, 0.2) is 0 Å². The van der Waals surface area contributed by atoms with Crippen LogP contribution in [0.1, 0.15) is 16.6 Å². The summed E-state index contributed by atoms with van der Waals surface area (Å²) in [6, 6.07) is 11.2. The Labute approximate surface area is 119 Å². The zero-order valence-corrected chi connectivity index (χ0v) is 11.9. The Kier molecular flexibility index (Phi) is 3.66. The monoisotopic (exact) mass is 291 g/mol. The van der Waals surface area contributed by atoms with E-state index < -0.39 is 0 Å². The molecule has 0 saturated carbocycles. The molecule has 3 rings (SSSR count). The third-order valence-electron chi connectivity index (χ3n) is 3.21. The third-order valence-corrected chi connectivity index (χ3v) is 6.19. The van der Waals surface area contributed by atoms with Crippen molar-refractivity contribution >= 4 is 40.0 Å². The Morgan fingerprint density at radius 2 is 1.74 bits per heavy atom. The van der Waals surface area contributed by atoms with Crippen LogP contribution < -0.4 is 0 Å². The molecule has 19 heavy (non-hydrogen) atoms. The molecule has 1 fully saturated rings. The first-order valence-corrected chi connectivity index (χ1v) is 8.26. The Hall–Kier alpha value is -1.20. The molecule has 2 aromatic carbocycles. The highest BCUT2D eigenvalue weighted by Gasteiger charge is 2.21. The molecule has 0 aromatic heterocycles. The van der Waals surface area contributed by atoms with E-state index in [2.05, 4.69) is 0 Å². The summed E-state index contributed by atoms with van der Waals surface area (Å²) < 4.78 is 0.402. The molecule has 2 aromatic rings. The molecular formula is C14H13NO2S2. The van der Waals surface area contributed by atoms with Gasteiger partial charge < -0.3 is 0 Å². The largest absolute Gasteiger partial charge is 0.277 e. The lowest BCUT2D eigenvalue weighted by Crippen LogP contribution is -2.01. The summed E-state index contributed by atoms with van der Waals surface area (Å²) >= 11 is 3.88. The first kappa shape index (κ1) is 12.8. The molecule has 0 bridgehead atoms. The van der Waals surface area contributed by atoms with Crippen LogP contribution in [0.25, 0.3) is 10.8 Å². The van der Waals surface area contributed by atoms with Crippen molar-refractivity contribution in [2.24, 2.45) is 0 Å². The number of rotatable bonds is 2. The molecule has 0 N–H and O–H groups in total. The van der Waals surface area contributed by atoms with Gasteiger partial charge in [-0.05, 0) is 41.0 Å². The minimum absolute atomic E-state index is 0.199. The van der Waals surface area contributed by atoms with Crippen LogP contribution in [0, 0.1) is 10.1 Å². The summed E-state index contributed by atoms with van der Waals surface area (Å²) in [7, 11) is 0. The van der Waals surface area contributed by atoms with Crippen LogP contribution in [0.15, 0.2) is 36.4 Å². The van der Waals surface area contributed by atoms with Crippen molar-refractivity contribution < 1.29 is 4.92 Å². The Bertz CT molecular complexity index is 624. The smallest absolute Gasteiger partial charge is 0.258 e. The SMILES string of the molecule is O=[N+]([O-])c1ccc(C2SCCCS2)c2ccccc12. The number of nitro benzene ring substituents is 1. The lowest BCUT2D eigenvalue weighted by molar-refractivity contribution is -0.383. The van der Waals surface area contributed by atoms with Crippen molar-refractivity contribution in [1.29, 1.82) is 0 Å². The summed E-state index contributed by atoms with van der Waals surface area (Å²) in [4.78, 5) is 10.8. The fourth-order valence-electron chi connectivity index (χ4n) is 2.34. The topological polar surface area (TPSA) is 43.1 Å². The van der Waals surface area contributed by atoms with E-state index in [9.17, 15) is 10.1 Å². The highest BCUT2D eigenvalue weighted by molar-refractivity contribution is 8.16. The average Bonchev–Trinajstić information content (AvgIpc) is 2.47. The Morgan fingerprint density at radius 1 is 1.05 bits per heavy atom. The van der Waals surface area contributed by atoms with Gasteiger partial charge in [0.25, 0.3) is 5.69 Å². The molecule has 0 atom stereocenters. The maximum Gasteiger partial charge on any atom is 0.277 e. The molecular weight excluding hydrogens is 278 g/mol. The number of thioether (sulfide) groups is 2. The minimum atomic E-state index is -0.298. The Morgan fingerprint density at radius 3 is 2.42 bits per heavy atom. The first-order valence-electron chi connectivity index (χ1n) is 6.16. The van der Waals surface area contributed by atoms with Crippen molar-refractivity contribution in [3.63, 3.8) is 0 Å². The fourth-order valence-corrected chi connectivity index (χ4v) is 5.30. The van der Waals surface area contributed by atoms with E-state index in [1.807, 2.05) is 53.9 Å². The first-order chi connectivity index (χ1) is 9.27. The second-order valence-corrected chi connectivity index (χ2v) is 7.13. The second kappa shape index (κ2) is 5.43. The summed E-state index contributed by atoms with van der Waals surface area (Å²) in [6.07, 6.45) is 1.25. The number of fused-ring (bicyclic) bond motifs is 1. The summed E-state index contributed by atoms with van der Waals surface area (Å²) in [5.74, 6) is 2.34. The summed E-state index contributed by atoms with van der Waals surface area (Å²) in [6.45, 7) is 0. The molecule has 0 radical (unpaired) electrons. The zero-order valence-electron chi connectivity index (χ0n) is 10.2. The number of hydrogen-bond acceptors (Lipinski definition) is 4. The molecule has 1 aliphatic rings. The maximum atomic E-state index is 11.1. The van der Waals surface area contributed by atoms with Gasteiger partial charge >= 0.3 is 0 Å². The zero-order chi connectivity index (χ0) is 13.2. The average molecular weight is 291 g/mol. The van der Waals surface area contributed by atoms with Crippen LogP contribution in [0.4, 0.5) is 5.69 Å². The van der Waals surface area contributed by atoms with E-state index in [4.69, 9.17) is 0 Å². The predicted octanol–water partition coefficient (Wildman–Crippen LogP) is 4.62. The van der Waals surface area contributed by atoms with E-state index in [0.717, 1.165) is 10.8 Å². The van der Waals surface area contributed by atoms with E-state index >= 15 is 0 Å². The van der Waals surface area contributed by atoms with Gasteiger partial charge in [0, 0.05) is 6.07 Å². The molecule has 0 amide bonds. The van der Waals surface area contributed by atoms with Crippen LogP contribution in [-0.2, 0) is 0 Å². The summed E-state index contributed by atoms with van der Waals surface area (Å²) in [5.41, 5.74) is 1.42. The van der Waals surface area contributed by atoms with E-state index in [0.29, 0.717) is 4.58 Å². The number of benzene rings is 2. The van der Waals surface area contributed by atoms with Gasteiger partial charge in [0.1, 0.15) is 0 Å². The maximum absolute atomic E-state index is 11.1. The van der Waals surface area contributed by atoms with Gasteiger partial charge in [0.05, 0.1) is 14.9 Å². The molecule has 0 unspecified atom stereocenters. The van der Waals surface area contributed by atoms with Crippen molar-refractivity contribution in [2.45, 2.75) is 11.0 Å². The Balaban J connectivity index is 2.15. The summed E-state index contributed by atoms with van der Waals surface area (Å²) in [5, 5.41) is 12.9. The van der Waals surface area contributed by atoms with E-state index in [1.54, 1.807) is 6.07 Å². The normalized spacial score (nSPS) is 16.6. The van der Waals surface area contributed by atoms with Crippen molar-refractivity contribution in [1.82, 2.24) is 0 Å². The van der Waals surface area contributed by atoms with Gasteiger partial charge in [-0.15, -0.1) is 23.5 Å². The number of nitro groups is 1. The van der Waals surface area contributed by atoms with Crippen LogP contribution >= 0.6 is 23.5 Å². The number of nitrogens with zero attached hydrogens (tertiary/aromatic N) is 1. The van der Waals surface area contributed by atoms with Crippen LogP contribution in [-0.4, -0.2) is 16.4 Å². The van der Waals surface area contributed by atoms with Gasteiger partial charge in [-0.25, -0.2) is 0 Å². The second-order valence-electron chi connectivity index (χ2n) is 4.40. The quantitative estimate of drug-likeness (QED) is 0.598. The molecule has 0 aliphatic carbocycles. The molecule has 98 valence electrons. The molecule has 1 heterocycles. The highest BCUT2D eigenvalue weighted by Crippen LogP contribution is 2.46. The molecule has 3 nitrogen and oxygen atoms in total. The van der Waals surface area contributed by atoms with Crippen LogP contribution in [0.3, 0.4) is 0 Å². The van der Waals surface area contributed by atoms with Crippen molar-refractivity contribution in [2.75, 3.05) is 11.5 Å². The van der Waals surface area contributed by atoms with Crippen molar-refractivity contribution in [3.05, 3.63) is 52.1 Å². The fraction of sp³-hybridized carbons (Fsp3) is 0.286. The lowest BCUT2D eigenvalue weighted by atomic mass is 10.0. The minimum Gasteiger partial charge on any atom is -0.258 e. The molecule has 5 heteroatoms. The third kappa shape index (κ3) is 2.44. The van der Waals surface area contributed by atoms with Gasteiger partial charge in [-0.2, -0.15) is 0 Å². The van der Waals surface area contributed by atoms with Gasteiger partial charge in [0.2, 0.25) is 0 Å². The number of hydrogen-bond donors (Lipinski definition) is 0. The van der Waals surface area contributed by atoms with E-state index in [-0.39, 0.29) is 10.6 Å². The highest BCUT2D eigenvalue weighted by atomic mass is 32.2. The standard InChI is InChI=1S/C14H13NO2S2/c16-15(17)13-7-6-12(14-18-8-3-9-19-14)10-4-1-2-5-11(10)13/h1-2,4-7,14H,3,8-9H2. The van der Waals surface area contributed by atoms with Crippen LogP contribution in [0.2, 0.25) is 0 Å². The lowest BCUT2D eigenvalue weighted by Gasteiger charge is -2.22. The molecule has 0 spiro atoms. The van der Waals surface area contributed by atoms with E-state index in [1.165, 1.54) is 23.5 Å². The van der Waals surface area contributed by atoms with Crippen molar-refractivity contribution in [3.8, 4) is 0 Å². The molecule has 1 aliphatic heterocycles. The van der Waals surface area contributed by atoms with Crippen LogP contribution in [0.5, 0.6) is 0 Å². The molecule has 1 saturated heterocycles. The predicted molar refractivity (Wildman–Crippen MR) is 82.9 cm³/mol. The van der Waals surface area contributed by atoms with Gasteiger partial charge in [-0.3, -0.25) is 10.1 Å². The number of non-ortho nitro benzene ring substituents is 1.